The van der Waals surface area contributed by atoms with Crippen molar-refractivity contribution in [2.24, 2.45) is 5.92 Å². The minimum atomic E-state index is -4.76. The Bertz CT molecular complexity index is 784. The van der Waals surface area contributed by atoms with Crippen molar-refractivity contribution in [1.29, 1.82) is 0 Å². The number of carbonyl (C=O) groups excluding carboxylic acids is 1. The number of carboxylic acids is 1. The number of carboxylic acid groups (broad SMARTS) is 1. The maximum atomic E-state index is 12.2. The predicted octanol–water partition coefficient (Wildman–Crippen LogP) is 4.15. The van der Waals surface area contributed by atoms with Gasteiger partial charge in [0.2, 0.25) is 0 Å². The fourth-order valence-electron chi connectivity index (χ4n) is 2.18. The number of aliphatic carboxylic acids is 1. The van der Waals surface area contributed by atoms with E-state index in [2.05, 4.69) is 10.1 Å². The molecule has 2 aromatic rings. The summed E-state index contributed by atoms with van der Waals surface area (Å²) in [7, 11) is 0. The van der Waals surface area contributed by atoms with Crippen LogP contribution >= 0.6 is 11.3 Å². The Kier molecular flexibility index (Phi) is 5.91. The Morgan fingerprint density at radius 1 is 1.15 bits per heavy atom. The lowest BCUT2D eigenvalue weighted by Crippen LogP contribution is -2.44. The van der Waals surface area contributed by atoms with E-state index in [9.17, 15) is 22.8 Å². The highest BCUT2D eigenvalue weighted by molar-refractivity contribution is 7.12. The summed E-state index contributed by atoms with van der Waals surface area (Å²) in [5, 5.41) is 13.3. The van der Waals surface area contributed by atoms with Gasteiger partial charge < -0.3 is 15.2 Å². The zero-order valence-electron chi connectivity index (χ0n) is 13.8. The van der Waals surface area contributed by atoms with Crippen molar-refractivity contribution >= 4 is 23.2 Å². The topological polar surface area (TPSA) is 75.6 Å². The summed E-state index contributed by atoms with van der Waals surface area (Å²) in [5.41, 5.74) is 1.24. The second-order valence-corrected chi connectivity index (χ2v) is 6.72. The molecule has 0 unspecified atom stereocenters. The molecular weight excluding hydrogens is 371 g/mol. The number of ether oxygens (including phenoxy) is 1. The van der Waals surface area contributed by atoms with Crippen molar-refractivity contribution in [2.45, 2.75) is 26.3 Å². The molecule has 1 heterocycles. The first-order chi connectivity index (χ1) is 12.1. The van der Waals surface area contributed by atoms with Crippen LogP contribution in [-0.4, -0.2) is 29.4 Å². The van der Waals surface area contributed by atoms with E-state index in [-0.39, 0.29) is 11.7 Å². The Labute approximate surface area is 151 Å². The van der Waals surface area contributed by atoms with Crippen LogP contribution in [-0.2, 0) is 4.79 Å². The van der Waals surface area contributed by atoms with Crippen molar-refractivity contribution in [1.82, 2.24) is 5.32 Å². The van der Waals surface area contributed by atoms with E-state index in [1.54, 1.807) is 25.3 Å². The van der Waals surface area contributed by atoms with Crippen LogP contribution in [0.15, 0.2) is 35.7 Å². The maximum Gasteiger partial charge on any atom is 0.573 e. The highest BCUT2D eigenvalue weighted by atomic mass is 32.1. The number of hydrogen-bond acceptors (Lipinski definition) is 4. The molecular formula is C17H16F3NO4S. The summed E-state index contributed by atoms with van der Waals surface area (Å²) >= 11 is 1.12. The van der Waals surface area contributed by atoms with E-state index < -0.39 is 24.3 Å². The van der Waals surface area contributed by atoms with Gasteiger partial charge in [-0.05, 0) is 40.6 Å². The van der Waals surface area contributed by atoms with Crippen LogP contribution in [0.3, 0.4) is 0 Å². The standard InChI is InChI=1S/C17H16F3NO4S/c1-9(2)14(16(23)24)21-15(22)13-7-11(8-26-13)10-3-5-12(6-4-10)25-17(18,19)20/h3-9,14H,1-2H3,(H,21,22)(H,23,24)/t14-/m0/s1. The summed E-state index contributed by atoms with van der Waals surface area (Å²) < 4.78 is 40.3. The smallest absolute Gasteiger partial charge is 0.480 e. The molecule has 9 heteroatoms. The summed E-state index contributed by atoms with van der Waals surface area (Å²) in [4.78, 5) is 23.7. The Morgan fingerprint density at radius 2 is 1.77 bits per heavy atom. The van der Waals surface area contributed by atoms with Gasteiger partial charge in [0.25, 0.3) is 5.91 Å². The van der Waals surface area contributed by atoms with Crippen LogP contribution in [0.25, 0.3) is 11.1 Å². The zero-order valence-corrected chi connectivity index (χ0v) is 14.6. The molecule has 1 amide bonds. The number of thiophene rings is 1. The highest BCUT2D eigenvalue weighted by Crippen LogP contribution is 2.29. The predicted molar refractivity (Wildman–Crippen MR) is 90.2 cm³/mol. The number of hydrogen-bond donors (Lipinski definition) is 2. The quantitative estimate of drug-likeness (QED) is 0.781. The summed E-state index contributed by atoms with van der Waals surface area (Å²) in [6.45, 7) is 3.37. The molecule has 2 rings (SSSR count). The van der Waals surface area contributed by atoms with Crippen LogP contribution in [0.5, 0.6) is 5.75 Å². The molecule has 26 heavy (non-hydrogen) atoms. The van der Waals surface area contributed by atoms with E-state index in [1.165, 1.54) is 24.3 Å². The Hall–Kier alpha value is -2.55. The number of nitrogens with one attached hydrogen (secondary N) is 1. The van der Waals surface area contributed by atoms with Crippen LogP contribution in [0.4, 0.5) is 13.2 Å². The Morgan fingerprint density at radius 3 is 2.27 bits per heavy atom. The number of alkyl halides is 3. The highest BCUT2D eigenvalue weighted by Gasteiger charge is 2.31. The third-order valence-electron chi connectivity index (χ3n) is 3.46. The van der Waals surface area contributed by atoms with Gasteiger partial charge in [-0.25, -0.2) is 4.79 Å². The summed E-state index contributed by atoms with van der Waals surface area (Å²) in [6.07, 6.45) is -4.76. The van der Waals surface area contributed by atoms with Crippen molar-refractivity contribution in [3.05, 3.63) is 40.6 Å². The number of benzene rings is 1. The van der Waals surface area contributed by atoms with Crippen LogP contribution in [0, 0.1) is 5.92 Å². The van der Waals surface area contributed by atoms with Gasteiger partial charge in [0.05, 0.1) is 4.88 Å². The van der Waals surface area contributed by atoms with Gasteiger partial charge in [-0.2, -0.15) is 0 Å². The van der Waals surface area contributed by atoms with Crippen LogP contribution < -0.4 is 10.1 Å². The summed E-state index contributed by atoms with van der Waals surface area (Å²) in [6, 6.07) is 5.79. The number of carbonyl (C=O) groups is 2. The van der Waals surface area contributed by atoms with Crippen molar-refractivity contribution < 1.29 is 32.6 Å². The fraction of sp³-hybridized carbons (Fsp3) is 0.294. The van der Waals surface area contributed by atoms with Gasteiger partial charge in [0.15, 0.2) is 0 Å². The molecule has 0 fully saturated rings. The van der Waals surface area contributed by atoms with E-state index in [4.69, 9.17) is 5.11 Å². The molecule has 0 saturated carbocycles. The second kappa shape index (κ2) is 7.77. The number of rotatable bonds is 6. The lowest BCUT2D eigenvalue weighted by Gasteiger charge is -2.17. The monoisotopic (exact) mass is 387 g/mol. The second-order valence-electron chi connectivity index (χ2n) is 5.81. The first-order valence-corrected chi connectivity index (χ1v) is 8.43. The average molecular weight is 387 g/mol. The van der Waals surface area contributed by atoms with Crippen LogP contribution in [0.1, 0.15) is 23.5 Å². The van der Waals surface area contributed by atoms with Crippen LogP contribution in [0.2, 0.25) is 0 Å². The minimum Gasteiger partial charge on any atom is -0.480 e. The van der Waals surface area contributed by atoms with Gasteiger partial charge in [-0.1, -0.05) is 26.0 Å². The van der Waals surface area contributed by atoms with Gasteiger partial charge in [0.1, 0.15) is 11.8 Å². The normalized spacial score (nSPS) is 12.7. The lowest BCUT2D eigenvalue weighted by molar-refractivity contribution is -0.274. The third-order valence-corrected chi connectivity index (χ3v) is 4.39. The molecule has 0 aliphatic rings. The molecule has 0 spiro atoms. The molecule has 1 atom stereocenters. The van der Waals surface area contributed by atoms with E-state index in [0.717, 1.165) is 11.3 Å². The third kappa shape index (κ3) is 5.22. The molecule has 0 bridgehead atoms. The molecule has 2 N–H and O–H groups in total. The zero-order chi connectivity index (χ0) is 19.5. The van der Waals surface area contributed by atoms with E-state index >= 15 is 0 Å². The van der Waals surface area contributed by atoms with E-state index in [1.807, 2.05) is 0 Å². The fourth-order valence-corrected chi connectivity index (χ4v) is 3.00. The molecule has 0 aliphatic heterocycles. The molecule has 5 nitrogen and oxygen atoms in total. The largest absolute Gasteiger partial charge is 0.573 e. The average Bonchev–Trinajstić information content (AvgIpc) is 3.01. The first-order valence-electron chi connectivity index (χ1n) is 7.55. The molecule has 140 valence electrons. The van der Waals surface area contributed by atoms with Gasteiger partial charge in [-0.3, -0.25) is 4.79 Å². The minimum absolute atomic E-state index is 0.281. The molecule has 0 saturated heterocycles. The molecule has 0 aliphatic carbocycles. The molecule has 0 radical (unpaired) electrons. The molecule has 1 aromatic heterocycles. The summed E-state index contributed by atoms with van der Waals surface area (Å²) in [5.74, 6) is -2.25. The maximum absolute atomic E-state index is 12.2. The van der Waals surface area contributed by atoms with Crippen molar-refractivity contribution in [2.75, 3.05) is 0 Å². The van der Waals surface area contributed by atoms with Gasteiger partial charge >= 0.3 is 12.3 Å². The first kappa shape index (κ1) is 19.8. The number of amides is 1. The van der Waals surface area contributed by atoms with Crippen molar-refractivity contribution in [3.8, 4) is 16.9 Å². The van der Waals surface area contributed by atoms with Gasteiger partial charge in [-0.15, -0.1) is 24.5 Å². The van der Waals surface area contributed by atoms with E-state index in [0.29, 0.717) is 16.0 Å². The Balaban J connectivity index is 2.11. The lowest BCUT2D eigenvalue weighted by atomic mass is 10.0. The number of halogens is 3. The van der Waals surface area contributed by atoms with Crippen molar-refractivity contribution in [3.63, 3.8) is 0 Å². The SMILES string of the molecule is CC(C)[C@H](NC(=O)c1cc(-c2ccc(OC(F)(F)F)cc2)cs1)C(=O)O. The van der Waals surface area contributed by atoms with Gasteiger partial charge in [0, 0.05) is 0 Å². The molecule has 1 aromatic carbocycles.